The minimum atomic E-state index is -4.66. The molecule has 1 N–H and O–H groups in total. The Morgan fingerprint density at radius 1 is 1.13 bits per heavy atom. The molecule has 164 valence electrons. The normalized spacial score (nSPS) is 14.3. The number of nitro benzene ring substituents is 1. The third-order valence-electron chi connectivity index (χ3n) is 4.71. The zero-order chi connectivity index (χ0) is 22.8. The van der Waals surface area contributed by atoms with Crippen LogP contribution in [0.15, 0.2) is 42.5 Å². The Hall–Kier alpha value is -2.48. The van der Waals surface area contributed by atoms with E-state index in [9.17, 15) is 28.1 Å². The van der Waals surface area contributed by atoms with Gasteiger partial charge >= 0.3 is 6.18 Å². The Morgan fingerprint density at radius 3 is 2.39 bits per heavy atom. The van der Waals surface area contributed by atoms with Gasteiger partial charge in [-0.2, -0.15) is 13.2 Å². The first-order valence-electron chi connectivity index (χ1n) is 9.02. The van der Waals surface area contributed by atoms with E-state index in [0.29, 0.717) is 37.8 Å². The molecule has 2 aromatic rings. The summed E-state index contributed by atoms with van der Waals surface area (Å²) in [6.45, 7) is 1.30. The predicted octanol–water partition coefficient (Wildman–Crippen LogP) is 4.06. The van der Waals surface area contributed by atoms with Crippen LogP contribution in [0.1, 0.15) is 15.9 Å². The van der Waals surface area contributed by atoms with E-state index in [1.807, 2.05) is 6.07 Å². The average molecular weight is 564 g/mol. The molecule has 2 aromatic carbocycles. The summed E-state index contributed by atoms with van der Waals surface area (Å²) in [6, 6.07) is 9.51. The molecule has 31 heavy (non-hydrogen) atoms. The van der Waals surface area contributed by atoms with Crippen molar-refractivity contribution in [3.63, 3.8) is 0 Å². The fraction of sp³-hybridized carbons (Fsp3) is 0.263. The number of piperazine rings is 1. The summed E-state index contributed by atoms with van der Waals surface area (Å²) >= 11 is 7.40. The number of carbonyl (C=O) groups is 1. The fourth-order valence-corrected chi connectivity index (χ4v) is 3.96. The number of nitro groups is 1. The Bertz CT molecular complexity index is 1030. The molecule has 0 unspecified atom stereocenters. The molecule has 3 rings (SSSR count). The summed E-state index contributed by atoms with van der Waals surface area (Å²) in [6.07, 6.45) is -4.66. The minimum Gasteiger partial charge on any atom is -0.362 e. The van der Waals surface area contributed by atoms with Crippen LogP contribution in [0.3, 0.4) is 0 Å². The number of alkyl halides is 3. The van der Waals surface area contributed by atoms with Crippen LogP contribution in [-0.2, 0) is 6.18 Å². The zero-order valence-electron chi connectivity index (χ0n) is 15.9. The van der Waals surface area contributed by atoms with Crippen LogP contribution in [0.5, 0.6) is 0 Å². The average Bonchev–Trinajstić information content (AvgIpc) is 2.72. The maximum absolute atomic E-state index is 12.9. The largest absolute Gasteiger partial charge is 0.416 e. The lowest BCUT2D eigenvalue weighted by Gasteiger charge is -2.37. The number of amides is 1. The van der Waals surface area contributed by atoms with Gasteiger partial charge in [0.2, 0.25) is 0 Å². The van der Waals surface area contributed by atoms with Crippen molar-refractivity contribution in [2.75, 3.05) is 31.1 Å². The van der Waals surface area contributed by atoms with Gasteiger partial charge in [0.15, 0.2) is 5.11 Å². The molecule has 0 atom stereocenters. The summed E-state index contributed by atoms with van der Waals surface area (Å²) in [7, 11) is 0. The highest BCUT2D eigenvalue weighted by Crippen LogP contribution is 2.36. The second-order valence-corrected chi connectivity index (χ2v) is 8.33. The highest BCUT2D eigenvalue weighted by atomic mass is 127. The maximum Gasteiger partial charge on any atom is 0.416 e. The molecule has 1 amide bonds. The van der Waals surface area contributed by atoms with Crippen molar-refractivity contribution in [3.05, 3.63) is 67.3 Å². The molecule has 1 aliphatic rings. The minimum absolute atomic E-state index is 0.117. The van der Waals surface area contributed by atoms with Crippen molar-refractivity contribution in [2.45, 2.75) is 6.18 Å². The summed E-state index contributed by atoms with van der Waals surface area (Å²) in [4.78, 5) is 26.3. The van der Waals surface area contributed by atoms with Gasteiger partial charge in [-0.3, -0.25) is 20.2 Å². The smallest absolute Gasteiger partial charge is 0.362 e. The van der Waals surface area contributed by atoms with E-state index in [1.165, 1.54) is 0 Å². The SMILES string of the molecule is O=C(NC(=S)N1CCN(c2ccc(C(F)(F)F)cc2[N+](=O)[O-])CC1)c1cccc(I)c1. The van der Waals surface area contributed by atoms with Crippen LogP contribution < -0.4 is 10.2 Å². The monoisotopic (exact) mass is 564 g/mol. The van der Waals surface area contributed by atoms with Gasteiger partial charge in [-0.05, 0) is 65.1 Å². The van der Waals surface area contributed by atoms with E-state index >= 15 is 0 Å². The van der Waals surface area contributed by atoms with Crippen LogP contribution in [0.25, 0.3) is 0 Å². The van der Waals surface area contributed by atoms with Gasteiger partial charge in [0.05, 0.1) is 10.5 Å². The van der Waals surface area contributed by atoms with E-state index in [2.05, 4.69) is 27.9 Å². The molecule has 1 aliphatic heterocycles. The molecule has 0 aromatic heterocycles. The van der Waals surface area contributed by atoms with Gasteiger partial charge in [-0.1, -0.05) is 6.07 Å². The number of benzene rings is 2. The van der Waals surface area contributed by atoms with E-state index in [1.54, 1.807) is 28.0 Å². The quantitative estimate of drug-likeness (QED) is 0.263. The second kappa shape index (κ2) is 9.34. The van der Waals surface area contributed by atoms with Crippen molar-refractivity contribution in [1.29, 1.82) is 0 Å². The lowest BCUT2D eigenvalue weighted by atomic mass is 10.1. The van der Waals surface area contributed by atoms with E-state index in [4.69, 9.17) is 12.2 Å². The topological polar surface area (TPSA) is 78.7 Å². The van der Waals surface area contributed by atoms with Crippen molar-refractivity contribution in [3.8, 4) is 0 Å². The number of rotatable bonds is 3. The maximum atomic E-state index is 12.9. The Kier molecular flexibility index (Phi) is 6.99. The number of anilines is 1. The molecule has 1 heterocycles. The second-order valence-electron chi connectivity index (χ2n) is 6.70. The molecule has 0 bridgehead atoms. The zero-order valence-corrected chi connectivity index (χ0v) is 18.8. The first-order chi connectivity index (χ1) is 14.6. The van der Waals surface area contributed by atoms with Gasteiger partial charge < -0.3 is 9.80 Å². The van der Waals surface area contributed by atoms with Crippen molar-refractivity contribution in [2.24, 2.45) is 0 Å². The highest BCUT2D eigenvalue weighted by Gasteiger charge is 2.34. The molecule has 0 aliphatic carbocycles. The first-order valence-corrected chi connectivity index (χ1v) is 10.5. The number of halogens is 4. The first kappa shape index (κ1) is 23.2. The highest BCUT2D eigenvalue weighted by molar-refractivity contribution is 14.1. The van der Waals surface area contributed by atoms with Gasteiger partial charge in [-0.25, -0.2) is 0 Å². The molecule has 0 saturated carbocycles. The Labute approximate surface area is 194 Å². The summed E-state index contributed by atoms with van der Waals surface area (Å²) < 4.78 is 39.6. The third kappa shape index (κ3) is 5.61. The Morgan fingerprint density at radius 2 is 1.81 bits per heavy atom. The summed E-state index contributed by atoms with van der Waals surface area (Å²) in [5.41, 5.74) is -1.08. The fourth-order valence-electron chi connectivity index (χ4n) is 3.14. The molecular formula is C19H16F3IN4O3S. The molecule has 1 fully saturated rings. The standard InChI is InChI=1S/C19H16F3IN4O3S/c20-19(21,22)13-4-5-15(16(11-13)27(29)30)25-6-8-26(9-7-25)18(31)24-17(28)12-2-1-3-14(23)10-12/h1-5,10-11H,6-9H2,(H,24,28,31). The lowest BCUT2D eigenvalue weighted by molar-refractivity contribution is -0.384. The van der Waals surface area contributed by atoms with E-state index in [-0.39, 0.29) is 16.7 Å². The van der Waals surface area contributed by atoms with E-state index in [0.717, 1.165) is 15.7 Å². The van der Waals surface area contributed by atoms with Gasteiger partial charge in [-0.15, -0.1) is 0 Å². The molecule has 7 nitrogen and oxygen atoms in total. The molecule has 0 radical (unpaired) electrons. The van der Waals surface area contributed by atoms with Gasteiger partial charge in [0.1, 0.15) is 5.69 Å². The number of hydrogen-bond acceptors (Lipinski definition) is 5. The van der Waals surface area contributed by atoms with E-state index < -0.39 is 22.4 Å². The number of thiocarbonyl (C=S) groups is 1. The van der Waals surface area contributed by atoms with Crippen LogP contribution in [0.2, 0.25) is 0 Å². The molecule has 0 spiro atoms. The number of nitrogens with zero attached hydrogens (tertiary/aromatic N) is 3. The summed E-state index contributed by atoms with van der Waals surface area (Å²) in [5.74, 6) is -0.343. The lowest BCUT2D eigenvalue weighted by Crippen LogP contribution is -2.52. The molecular weight excluding hydrogens is 548 g/mol. The van der Waals surface area contributed by atoms with Crippen molar-refractivity contribution in [1.82, 2.24) is 10.2 Å². The van der Waals surface area contributed by atoms with Crippen LogP contribution >= 0.6 is 34.8 Å². The van der Waals surface area contributed by atoms with Crippen LogP contribution in [0.4, 0.5) is 24.5 Å². The molecule has 12 heteroatoms. The number of hydrogen-bond donors (Lipinski definition) is 1. The van der Waals surface area contributed by atoms with Crippen LogP contribution in [-0.4, -0.2) is 47.0 Å². The number of carbonyl (C=O) groups excluding carboxylic acids is 1. The molecule has 1 saturated heterocycles. The van der Waals surface area contributed by atoms with Crippen LogP contribution in [0, 0.1) is 13.7 Å². The van der Waals surface area contributed by atoms with Crippen molar-refractivity contribution < 1.29 is 22.9 Å². The predicted molar refractivity (Wildman–Crippen MR) is 121 cm³/mol. The summed E-state index contributed by atoms with van der Waals surface area (Å²) in [5, 5.41) is 14.2. The van der Waals surface area contributed by atoms with Gasteiger partial charge in [0, 0.05) is 41.4 Å². The van der Waals surface area contributed by atoms with Crippen molar-refractivity contribution >= 4 is 57.2 Å². The van der Waals surface area contributed by atoms with Gasteiger partial charge in [0.25, 0.3) is 11.6 Å². The Balaban J connectivity index is 1.66. The third-order valence-corrected chi connectivity index (χ3v) is 5.75. The number of nitrogens with one attached hydrogen (secondary N) is 1.